The van der Waals surface area contributed by atoms with Gasteiger partial charge in [-0.1, -0.05) is 29.8 Å². The molecule has 0 fully saturated rings. The molecule has 0 aliphatic carbocycles. The Balaban J connectivity index is 1.76. The summed E-state index contributed by atoms with van der Waals surface area (Å²) in [4.78, 5) is 32.1. The number of carbonyl (C=O) groups is 2. The molecular weight excluding hydrogens is 414 g/mol. The number of rotatable bonds is 6. The van der Waals surface area contributed by atoms with Crippen LogP contribution in [-0.2, 0) is 16.1 Å². The van der Waals surface area contributed by atoms with E-state index in [1.165, 1.54) is 4.90 Å². The first kappa shape index (κ1) is 20.6. The highest BCUT2D eigenvalue weighted by atomic mass is 35.5. The van der Waals surface area contributed by atoms with Crippen molar-refractivity contribution in [1.29, 1.82) is 0 Å². The minimum atomic E-state index is -0.407. The lowest BCUT2D eigenvalue weighted by Gasteiger charge is -2.15. The van der Waals surface area contributed by atoms with Gasteiger partial charge in [-0.2, -0.15) is 0 Å². The van der Waals surface area contributed by atoms with E-state index in [-0.39, 0.29) is 18.1 Å². The molecule has 156 valence electrons. The van der Waals surface area contributed by atoms with Crippen LogP contribution in [0, 0.1) is 6.92 Å². The zero-order chi connectivity index (χ0) is 22.0. The molecule has 0 atom stereocenters. The molecule has 0 bridgehead atoms. The summed E-state index contributed by atoms with van der Waals surface area (Å²) in [5.41, 5.74) is 3.33. The van der Waals surface area contributed by atoms with Crippen LogP contribution in [0.2, 0.25) is 5.02 Å². The standard InChI is InChI=1S/C24H20ClN3O3/c1-15-13-17(25)8-11-20(15)27-22-21(16-6-9-19(31-2)10-7-16)23(29)28(24(22)30)14-18-5-3-4-12-26-18/h3-13,27H,14H2,1-2H3. The number of carbonyl (C=O) groups excluding carboxylic acids is 2. The molecule has 31 heavy (non-hydrogen) atoms. The second-order valence-corrected chi connectivity index (χ2v) is 7.52. The fraction of sp³-hybridized carbons (Fsp3) is 0.125. The lowest BCUT2D eigenvalue weighted by molar-refractivity contribution is -0.137. The minimum Gasteiger partial charge on any atom is -0.497 e. The van der Waals surface area contributed by atoms with Gasteiger partial charge >= 0.3 is 0 Å². The first-order valence-electron chi connectivity index (χ1n) is 9.66. The molecule has 2 amide bonds. The Hall–Kier alpha value is -3.64. The van der Waals surface area contributed by atoms with Crippen molar-refractivity contribution in [2.24, 2.45) is 0 Å². The molecule has 0 saturated heterocycles. The monoisotopic (exact) mass is 433 g/mol. The van der Waals surface area contributed by atoms with Gasteiger partial charge in [0.1, 0.15) is 11.4 Å². The Morgan fingerprint density at radius 1 is 1.03 bits per heavy atom. The number of nitrogens with zero attached hydrogens (tertiary/aromatic N) is 2. The average molecular weight is 434 g/mol. The summed E-state index contributed by atoms with van der Waals surface area (Å²) in [7, 11) is 1.57. The number of anilines is 1. The number of aromatic nitrogens is 1. The molecular formula is C24H20ClN3O3. The molecule has 6 nitrogen and oxygen atoms in total. The molecule has 1 aromatic heterocycles. The van der Waals surface area contributed by atoms with E-state index in [0.29, 0.717) is 33.3 Å². The Morgan fingerprint density at radius 3 is 2.45 bits per heavy atom. The fourth-order valence-electron chi connectivity index (χ4n) is 3.42. The number of ether oxygens (including phenoxy) is 1. The Bertz CT molecular complexity index is 1170. The van der Waals surface area contributed by atoms with Crippen LogP contribution < -0.4 is 10.1 Å². The van der Waals surface area contributed by atoms with E-state index in [0.717, 1.165) is 5.56 Å². The van der Waals surface area contributed by atoms with Crippen molar-refractivity contribution in [1.82, 2.24) is 9.88 Å². The van der Waals surface area contributed by atoms with Crippen LogP contribution in [0.4, 0.5) is 5.69 Å². The van der Waals surface area contributed by atoms with Crippen molar-refractivity contribution in [2.45, 2.75) is 13.5 Å². The molecule has 3 aromatic rings. The number of methoxy groups -OCH3 is 1. The normalized spacial score (nSPS) is 13.7. The molecule has 1 aliphatic rings. The van der Waals surface area contributed by atoms with Gasteiger partial charge in [0.2, 0.25) is 0 Å². The molecule has 2 aromatic carbocycles. The SMILES string of the molecule is COc1ccc(C2=C(Nc3ccc(Cl)cc3C)C(=O)N(Cc3ccccn3)C2=O)cc1. The predicted octanol–water partition coefficient (Wildman–Crippen LogP) is 4.44. The zero-order valence-corrected chi connectivity index (χ0v) is 17.8. The summed E-state index contributed by atoms with van der Waals surface area (Å²) in [5.74, 6) is -0.125. The van der Waals surface area contributed by atoms with Crippen LogP contribution in [0.5, 0.6) is 5.75 Å². The number of hydrogen-bond donors (Lipinski definition) is 1. The van der Waals surface area contributed by atoms with Crippen molar-refractivity contribution < 1.29 is 14.3 Å². The Morgan fingerprint density at radius 2 is 1.81 bits per heavy atom. The molecule has 1 N–H and O–H groups in total. The van der Waals surface area contributed by atoms with Crippen LogP contribution in [0.25, 0.3) is 5.57 Å². The van der Waals surface area contributed by atoms with Gasteiger partial charge in [0.15, 0.2) is 0 Å². The maximum Gasteiger partial charge on any atom is 0.278 e. The molecule has 0 spiro atoms. The maximum absolute atomic E-state index is 13.3. The van der Waals surface area contributed by atoms with Crippen molar-refractivity contribution >= 4 is 34.7 Å². The molecule has 0 saturated carbocycles. The summed E-state index contributed by atoms with van der Waals surface area (Å²) in [6.45, 7) is 1.97. The summed E-state index contributed by atoms with van der Waals surface area (Å²) in [5, 5.41) is 3.76. The van der Waals surface area contributed by atoms with Gasteiger partial charge in [-0.05, 0) is 60.5 Å². The van der Waals surface area contributed by atoms with Crippen molar-refractivity contribution in [3.05, 3.63) is 94.4 Å². The van der Waals surface area contributed by atoms with Crippen LogP contribution in [0.1, 0.15) is 16.8 Å². The van der Waals surface area contributed by atoms with Gasteiger partial charge in [-0.25, -0.2) is 0 Å². The van der Waals surface area contributed by atoms with Crippen molar-refractivity contribution in [3.8, 4) is 5.75 Å². The fourth-order valence-corrected chi connectivity index (χ4v) is 3.64. The summed E-state index contributed by atoms with van der Waals surface area (Å²) >= 11 is 6.06. The highest BCUT2D eigenvalue weighted by Gasteiger charge is 2.39. The lowest BCUT2D eigenvalue weighted by atomic mass is 10.0. The molecule has 0 radical (unpaired) electrons. The number of imide groups is 1. The van der Waals surface area contributed by atoms with E-state index in [4.69, 9.17) is 16.3 Å². The van der Waals surface area contributed by atoms with Gasteiger partial charge in [0, 0.05) is 16.9 Å². The number of benzene rings is 2. The van der Waals surface area contributed by atoms with Crippen LogP contribution in [0.3, 0.4) is 0 Å². The smallest absolute Gasteiger partial charge is 0.278 e. The highest BCUT2D eigenvalue weighted by molar-refractivity contribution is 6.36. The molecule has 1 aliphatic heterocycles. The second kappa shape index (κ2) is 8.62. The average Bonchev–Trinajstić information content (AvgIpc) is 3.00. The van der Waals surface area contributed by atoms with E-state index in [9.17, 15) is 9.59 Å². The zero-order valence-electron chi connectivity index (χ0n) is 17.1. The third kappa shape index (κ3) is 4.15. The van der Waals surface area contributed by atoms with Crippen LogP contribution >= 0.6 is 11.6 Å². The van der Waals surface area contributed by atoms with Crippen molar-refractivity contribution in [2.75, 3.05) is 12.4 Å². The lowest BCUT2D eigenvalue weighted by Crippen LogP contribution is -2.32. The van der Waals surface area contributed by atoms with E-state index < -0.39 is 5.91 Å². The van der Waals surface area contributed by atoms with E-state index >= 15 is 0 Å². The summed E-state index contributed by atoms with van der Waals surface area (Å²) in [6.07, 6.45) is 1.63. The van der Waals surface area contributed by atoms with Gasteiger partial charge < -0.3 is 10.1 Å². The topological polar surface area (TPSA) is 71.5 Å². The largest absolute Gasteiger partial charge is 0.497 e. The van der Waals surface area contributed by atoms with Gasteiger partial charge in [0.05, 0.1) is 24.9 Å². The molecule has 0 unspecified atom stereocenters. The number of nitrogens with one attached hydrogen (secondary N) is 1. The number of pyridine rings is 1. The van der Waals surface area contributed by atoms with Gasteiger partial charge in [-0.15, -0.1) is 0 Å². The Labute approximate surface area is 185 Å². The first-order chi connectivity index (χ1) is 15.0. The quantitative estimate of drug-likeness (QED) is 0.582. The molecule has 2 heterocycles. The summed E-state index contributed by atoms with van der Waals surface area (Å²) < 4.78 is 5.21. The predicted molar refractivity (Wildman–Crippen MR) is 120 cm³/mol. The highest BCUT2D eigenvalue weighted by Crippen LogP contribution is 2.33. The second-order valence-electron chi connectivity index (χ2n) is 7.08. The third-order valence-electron chi connectivity index (χ3n) is 5.04. The van der Waals surface area contributed by atoms with E-state index in [1.807, 2.05) is 13.0 Å². The Kier molecular flexibility index (Phi) is 5.73. The van der Waals surface area contributed by atoms with E-state index in [2.05, 4.69) is 10.3 Å². The number of hydrogen-bond acceptors (Lipinski definition) is 5. The van der Waals surface area contributed by atoms with E-state index in [1.54, 1.807) is 67.9 Å². The number of aryl methyl sites for hydroxylation is 1. The number of halogens is 1. The maximum atomic E-state index is 13.3. The van der Waals surface area contributed by atoms with Crippen LogP contribution in [-0.4, -0.2) is 28.8 Å². The molecule has 4 rings (SSSR count). The third-order valence-corrected chi connectivity index (χ3v) is 5.28. The van der Waals surface area contributed by atoms with Gasteiger partial charge in [0.25, 0.3) is 11.8 Å². The van der Waals surface area contributed by atoms with Gasteiger partial charge in [-0.3, -0.25) is 19.5 Å². The van der Waals surface area contributed by atoms with Crippen molar-refractivity contribution in [3.63, 3.8) is 0 Å². The first-order valence-corrected chi connectivity index (χ1v) is 10.0. The van der Waals surface area contributed by atoms with Crippen LogP contribution in [0.15, 0.2) is 72.6 Å². The minimum absolute atomic E-state index is 0.0863. The number of amides is 2. The summed E-state index contributed by atoms with van der Waals surface area (Å²) in [6, 6.07) is 17.7. The molecule has 7 heteroatoms.